The molecule has 2 aromatic rings. The van der Waals surface area contributed by atoms with Gasteiger partial charge in [-0.05, 0) is 19.1 Å². The number of amides is 1. The number of pyridine rings is 1. The molecule has 1 N–H and O–H groups in total. The maximum absolute atomic E-state index is 12.2. The second-order valence-electron chi connectivity index (χ2n) is 4.33. The number of anilines is 1. The monoisotopic (exact) mass is 245 g/mol. The number of nitrogens with one attached hydrogen (secondary N) is 1. The Morgan fingerprint density at radius 3 is 2.78 bits per heavy atom. The molecule has 5 nitrogen and oxygen atoms in total. The van der Waals surface area contributed by atoms with Gasteiger partial charge in [0.15, 0.2) is 5.76 Å². The lowest BCUT2D eigenvalue weighted by molar-refractivity contribution is 0.102. The molecule has 0 aliphatic carbocycles. The summed E-state index contributed by atoms with van der Waals surface area (Å²) in [6.07, 6.45) is 1.62. The molecule has 0 saturated heterocycles. The number of carbonyl (C=O) groups excluding carboxylic acids is 1. The summed E-state index contributed by atoms with van der Waals surface area (Å²) >= 11 is 0. The predicted octanol–water partition coefficient (Wildman–Crippen LogP) is 2.75. The number of rotatable bonds is 3. The van der Waals surface area contributed by atoms with Crippen LogP contribution in [0.4, 0.5) is 5.82 Å². The molecule has 94 valence electrons. The number of aromatic nitrogens is 2. The number of hydrogen-bond acceptors (Lipinski definition) is 4. The molecule has 18 heavy (non-hydrogen) atoms. The van der Waals surface area contributed by atoms with Crippen LogP contribution in [-0.4, -0.2) is 16.0 Å². The Morgan fingerprint density at radius 1 is 1.39 bits per heavy atom. The average Bonchev–Trinajstić information content (AvgIpc) is 2.72. The molecule has 1 amide bonds. The van der Waals surface area contributed by atoms with Crippen molar-refractivity contribution in [3.8, 4) is 0 Å². The Labute approximate surface area is 105 Å². The number of carbonyl (C=O) groups is 1. The van der Waals surface area contributed by atoms with E-state index in [0.29, 0.717) is 22.8 Å². The molecule has 0 saturated carbocycles. The molecule has 0 atom stereocenters. The molecule has 2 heterocycles. The number of hydrogen-bond donors (Lipinski definition) is 1. The number of nitrogens with zero attached hydrogens (tertiary/aromatic N) is 2. The first-order valence-corrected chi connectivity index (χ1v) is 5.78. The molecule has 0 bridgehead atoms. The van der Waals surface area contributed by atoms with Gasteiger partial charge >= 0.3 is 0 Å². The van der Waals surface area contributed by atoms with Crippen molar-refractivity contribution in [3.63, 3.8) is 0 Å². The minimum Gasteiger partial charge on any atom is -0.360 e. The third-order valence-electron chi connectivity index (χ3n) is 2.55. The molecular weight excluding hydrogens is 230 g/mol. The standard InChI is InChI=1S/C13H15N3O2/c1-8(2)12-11(9(3)16-18-12)13(17)15-10-6-4-5-7-14-10/h4-8H,1-3H3,(H,14,15,17). The Kier molecular flexibility index (Phi) is 3.41. The molecule has 0 aliphatic heterocycles. The second-order valence-corrected chi connectivity index (χ2v) is 4.33. The van der Waals surface area contributed by atoms with Gasteiger partial charge in [-0.1, -0.05) is 25.1 Å². The minimum absolute atomic E-state index is 0.107. The van der Waals surface area contributed by atoms with Crippen molar-refractivity contribution >= 4 is 11.7 Å². The van der Waals surface area contributed by atoms with Gasteiger partial charge in [-0.25, -0.2) is 4.98 Å². The van der Waals surface area contributed by atoms with Gasteiger partial charge in [0.2, 0.25) is 0 Å². The summed E-state index contributed by atoms with van der Waals surface area (Å²) in [7, 11) is 0. The summed E-state index contributed by atoms with van der Waals surface area (Å²) in [5, 5.41) is 6.57. The van der Waals surface area contributed by atoms with Crippen molar-refractivity contribution in [2.75, 3.05) is 5.32 Å². The quantitative estimate of drug-likeness (QED) is 0.902. The van der Waals surface area contributed by atoms with E-state index < -0.39 is 0 Å². The molecule has 5 heteroatoms. The smallest absolute Gasteiger partial charge is 0.262 e. The number of aryl methyl sites for hydroxylation is 1. The van der Waals surface area contributed by atoms with Crippen LogP contribution in [0.15, 0.2) is 28.9 Å². The van der Waals surface area contributed by atoms with Gasteiger partial charge in [0.05, 0.1) is 5.69 Å². The summed E-state index contributed by atoms with van der Waals surface area (Å²) in [6.45, 7) is 5.66. The fraction of sp³-hybridized carbons (Fsp3) is 0.308. The van der Waals surface area contributed by atoms with E-state index in [2.05, 4.69) is 15.5 Å². The molecule has 0 unspecified atom stereocenters. The van der Waals surface area contributed by atoms with E-state index in [9.17, 15) is 4.79 Å². The van der Waals surface area contributed by atoms with E-state index in [1.807, 2.05) is 19.9 Å². The van der Waals surface area contributed by atoms with Crippen LogP contribution in [0.2, 0.25) is 0 Å². The van der Waals surface area contributed by atoms with Crippen LogP contribution in [0.5, 0.6) is 0 Å². The lowest BCUT2D eigenvalue weighted by Gasteiger charge is -2.06. The first-order valence-electron chi connectivity index (χ1n) is 5.78. The Bertz CT molecular complexity index is 547. The van der Waals surface area contributed by atoms with Gasteiger partial charge in [-0.3, -0.25) is 4.79 Å². The highest BCUT2D eigenvalue weighted by atomic mass is 16.5. The Hall–Kier alpha value is -2.17. The highest BCUT2D eigenvalue weighted by Gasteiger charge is 2.22. The van der Waals surface area contributed by atoms with Crippen LogP contribution in [0.1, 0.15) is 41.6 Å². The van der Waals surface area contributed by atoms with Gasteiger partial charge in [-0.2, -0.15) is 0 Å². The van der Waals surface area contributed by atoms with E-state index in [0.717, 1.165) is 0 Å². The largest absolute Gasteiger partial charge is 0.360 e. The van der Waals surface area contributed by atoms with Crippen LogP contribution in [0.25, 0.3) is 0 Å². The SMILES string of the molecule is Cc1noc(C(C)C)c1C(=O)Nc1ccccn1. The van der Waals surface area contributed by atoms with Gasteiger partial charge in [-0.15, -0.1) is 0 Å². The first-order chi connectivity index (χ1) is 8.59. The maximum atomic E-state index is 12.2. The third-order valence-corrected chi connectivity index (χ3v) is 2.55. The van der Waals surface area contributed by atoms with Crippen molar-refractivity contribution < 1.29 is 9.32 Å². The van der Waals surface area contributed by atoms with Crippen molar-refractivity contribution in [3.05, 3.63) is 41.4 Å². The van der Waals surface area contributed by atoms with Gasteiger partial charge in [0.25, 0.3) is 5.91 Å². The Balaban J connectivity index is 2.27. The summed E-state index contributed by atoms with van der Waals surface area (Å²) in [4.78, 5) is 16.2. The molecule has 0 fully saturated rings. The van der Waals surface area contributed by atoms with Crippen LogP contribution in [0, 0.1) is 6.92 Å². The lowest BCUT2D eigenvalue weighted by atomic mass is 10.0. The molecular formula is C13H15N3O2. The van der Waals surface area contributed by atoms with Crippen molar-refractivity contribution in [2.24, 2.45) is 0 Å². The third kappa shape index (κ3) is 2.40. The molecule has 0 aromatic carbocycles. The molecule has 2 aromatic heterocycles. The molecule has 0 radical (unpaired) electrons. The highest BCUT2D eigenvalue weighted by Crippen LogP contribution is 2.22. The van der Waals surface area contributed by atoms with Crippen LogP contribution < -0.4 is 5.32 Å². The van der Waals surface area contributed by atoms with E-state index >= 15 is 0 Å². The lowest BCUT2D eigenvalue weighted by Crippen LogP contribution is -2.15. The zero-order valence-electron chi connectivity index (χ0n) is 10.6. The second kappa shape index (κ2) is 5.00. The van der Waals surface area contributed by atoms with Crippen molar-refractivity contribution in [1.82, 2.24) is 10.1 Å². The van der Waals surface area contributed by atoms with Gasteiger partial charge in [0, 0.05) is 12.1 Å². The zero-order chi connectivity index (χ0) is 13.1. The fourth-order valence-electron chi connectivity index (χ4n) is 1.67. The topological polar surface area (TPSA) is 68.0 Å². The molecule has 2 rings (SSSR count). The molecule has 0 spiro atoms. The van der Waals surface area contributed by atoms with Crippen LogP contribution >= 0.6 is 0 Å². The van der Waals surface area contributed by atoms with Gasteiger partial charge < -0.3 is 9.84 Å². The normalized spacial score (nSPS) is 10.7. The van der Waals surface area contributed by atoms with Gasteiger partial charge in [0.1, 0.15) is 11.4 Å². The van der Waals surface area contributed by atoms with E-state index in [-0.39, 0.29) is 11.8 Å². The summed E-state index contributed by atoms with van der Waals surface area (Å²) in [6, 6.07) is 5.34. The Morgan fingerprint density at radius 2 is 2.17 bits per heavy atom. The summed E-state index contributed by atoms with van der Waals surface area (Å²) in [5.41, 5.74) is 1.09. The zero-order valence-corrected chi connectivity index (χ0v) is 10.6. The maximum Gasteiger partial charge on any atom is 0.262 e. The van der Waals surface area contributed by atoms with E-state index in [1.165, 1.54) is 0 Å². The average molecular weight is 245 g/mol. The molecule has 0 aliphatic rings. The van der Waals surface area contributed by atoms with Crippen LogP contribution in [0.3, 0.4) is 0 Å². The highest BCUT2D eigenvalue weighted by molar-refractivity contribution is 6.05. The van der Waals surface area contributed by atoms with Crippen molar-refractivity contribution in [1.29, 1.82) is 0 Å². The predicted molar refractivity (Wildman–Crippen MR) is 67.5 cm³/mol. The minimum atomic E-state index is -0.240. The van der Waals surface area contributed by atoms with E-state index in [4.69, 9.17) is 4.52 Å². The fourth-order valence-corrected chi connectivity index (χ4v) is 1.67. The summed E-state index contributed by atoms with van der Waals surface area (Å²) < 4.78 is 5.18. The summed E-state index contributed by atoms with van der Waals surface area (Å²) in [5.74, 6) is 0.977. The van der Waals surface area contributed by atoms with Crippen LogP contribution in [-0.2, 0) is 0 Å². The van der Waals surface area contributed by atoms with E-state index in [1.54, 1.807) is 25.3 Å². The first kappa shape index (κ1) is 12.3. The van der Waals surface area contributed by atoms with Crippen molar-refractivity contribution in [2.45, 2.75) is 26.7 Å².